The van der Waals surface area contributed by atoms with Crippen molar-refractivity contribution < 1.29 is 29.2 Å². The summed E-state index contributed by atoms with van der Waals surface area (Å²) in [4.78, 5) is 50.8. The van der Waals surface area contributed by atoms with E-state index in [1.807, 2.05) is 6.92 Å². The van der Waals surface area contributed by atoms with Gasteiger partial charge in [-0.05, 0) is 31.0 Å². The zero-order chi connectivity index (χ0) is 22.8. The highest BCUT2D eigenvalue weighted by molar-refractivity contribution is 6.12. The Morgan fingerprint density at radius 3 is 2.65 bits per heavy atom. The number of aliphatic hydroxyl groups is 1. The third-order valence-electron chi connectivity index (χ3n) is 5.94. The first-order valence-electron chi connectivity index (χ1n) is 10.4. The molecule has 0 saturated carbocycles. The van der Waals surface area contributed by atoms with Gasteiger partial charge in [-0.3, -0.25) is 25.0 Å². The lowest BCUT2D eigenvalue weighted by Crippen LogP contribution is -2.60. The van der Waals surface area contributed by atoms with Crippen molar-refractivity contribution in [3.05, 3.63) is 39.9 Å². The van der Waals surface area contributed by atoms with Crippen molar-refractivity contribution in [1.29, 1.82) is 0 Å². The number of non-ortho nitro benzene ring substituents is 1. The molecule has 0 spiro atoms. The smallest absolute Gasteiger partial charge is 0.336 e. The summed E-state index contributed by atoms with van der Waals surface area (Å²) in [6, 6.07) is 4.91. The molecule has 2 fully saturated rings. The fourth-order valence-electron chi connectivity index (χ4n) is 4.22. The largest absolute Gasteiger partial charge is 0.459 e. The van der Waals surface area contributed by atoms with Gasteiger partial charge in [-0.15, -0.1) is 0 Å². The third kappa shape index (κ3) is 4.45. The Kier molecular flexibility index (Phi) is 6.71. The van der Waals surface area contributed by atoms with Crippen LogP contribution in [0.1, 0.15) is 38.7 Å². The summed E-state index contributed by atoms with van der Waals surface area (Å²) in [6.07, 6.45) is 0.499. The number of unbranched alkanes of at least 4 members (excludes halogenated alkanes) is 1. The van der Waals surface area contributed by atoms with Crippen LogP contribution in [-0.4, -0.2) is 63.4 Å². The molecule has 10 heteroatoms. The van der Waals surface area contributed by atoms with E-state index in [0.717, 1.165) is 6.42 Å². The molecule has 0 aromatic heterocycles. The van der Waals surface area contributed by atoms with E-state index in [-0.39, 0.29) is 37.0 Å². The van der Waals surface area contributed by atoms with Gasteiger partial charge in [-0.2, -0.15) is 0 Å². The van der Waals surface area contributed by atoms with E-state index in [2.05, 4.69) is 5.32 Å². The second-order valence-corrected chi connectivity index (χ2v) is 8.16. The van der Waals surface area contributed by atoms with Crippen molar-refractivity contribution in [3.63, 3.8) is 0 Å². The van der Waals surface area contributed by atoms with Crippen LogP contribution in [0.4, 0.5) is 5.69 Å². The van der Waals surface area contributed by atoms with E-state index in [0.29, 0.717) is 18.5 Å². The molecule has 0 radical (unpaired) electrons. The molecular formula is C21H27N3O7. The summed E-state index contributed by atoms with van der Waals surface area (Å²) in [6.45, 7) is 3.53. The number of nitro benzene ring substituents is 1. The minimum Gasteiger partial charge on any atom is -0.459 e. The van der Waals surface area contributed by atoms with Crippen molar-refractivity contribution in [2.45, 2.75) is 57.4 Å². The quantitative estimate of drug-likeness (QED) is 0.267. The topological polar surface area (TPSA) is 139 Å². The molecular weight excluding hydrogens is 406 g/mol. The van der Waals surface area contributed by atoms with Gasteiger partial charge in [-0.25, -0.2) is 4.79 Å². The number of nitro groups is 1. The van der Waals surface area contributed by atoms with Crippen LogP contribution in [0.5, 0.6) is 0 Å². The molecule has 168 valence electrons. The summed E-state index contributed by atoms with van der Waals surface area (Å²) in [5.74, 6) is -2.27. The Morgan fingerprint density at radius 1 is 1.39 bits per heavy atom. The van der Waals surface area contributed by atoms with Crippen LogP contribution in [0, 0.1) is 16.0 Å². The van der Waals surface area contributed by atoms with Gasteiger partial charge in [0.25, 0.3) is 5.69 Å². The Balaban J connectivity index is 1.81. The van der Waals surface area contributed by atoms with E-state index in [1.54, 1.807) is 0 Å². The Bertz CT molecular complexity index is 870. The van der Waals surface area contributed by atoms with E-state index in [1.165, 1.54) is 36.1 Å². The highest BCUT2D eigenvalue weighted by Gasteiger charge is 2.60. The van der Waals surface area contributed by atoms with Crippen LogP contribution in [0.25, 0.3) is 0 Å². The number of hydrogen-bond donors (Lipinski definition) is 2. The number of hydrogen-bond acceptors (Lipinski definition) is 8. The van der Waals surface area contributed by atoms with Crippen LogP contribution >= 0.6 is 0 Å². The highest BCUT2D eigenvalue weighted by atomic mass is 16.6. The number of fused-ring (bicyclic) bond motifs is 2. The first kappa shape index (κ1) is 22.8. The number of nitrogens with one attached hydrogen (secondary N) is 1. The molecule has 2 N–H and O–H groups in total. The number of esters is 1. The van der Waals surface area contributed by atoms with Crippen LogP contribution < -0.4 is 5.32 Å². The van der Waals surface area contributed by atoms with Crippen molar-refractivity contribution in [3.8, 4) is 0 Å². The molecule has 2 aliphatic heterocycles. The molecule has 2 saturated heterocycles. The number of aliphatic hydroxyl groups excluding tert-OH is 1. The first-order valence-corrected chi connectivity index (χ1v) is 10.4. The highest BCUT2D eigenvalue weighted by Crippen LogP contribution is 2.33. The Morgan fingerprint density at radius 2 is 2.06 bits per heavy atom. The van der Waals surface area contributed by atoms with E-state index < -0.39 is 34.5 Å². The summed E-state index contributed by atoms with van der Waals surface area (Å²) in [5.41, 5.74) is -1.23. The molecule has 3 rings (SSSR count). The van der Waals surface area contributed by atoms with Crippen LogP contribution in [-0.2, 0) is 25.7 Å². The number of benzene rings is 1. The number of amides is 1. The molecule has 4 atom stereocenters. The minimum absolute atomic E-state index is 0.0461. The average molecular weight is 433 g/mol. The van der Waals surface area contributed by atoms with E-state index in [4.69, 9.17) is 4.74 Å². The molecule has 2 heterocycles. The zero-order valence-corrected chi connectivity index (χ0v) is 17.6. The van der Waals surface area contributed by atoms with E-state index >= 15 is 0 Å². The Hall–Kier alpha value is -2.85. The van der Waals surface area contributed by atoms with Gasteiger partial charge in [0.1, 0.15) is 6.61 Å². The maximum Gasteiger partial charge on any atom is 0.336 e. The molecule has 31 heavy (non-hydrogen) atoms. The molecule has 10 nitrogen and oxygen atoms in total. The van der Waals surface area contributed by atoms with Gasteiger partial charge in [-0.1, -0.05) is 13.3 Å². The SMILES string of the molecule is CCCCN1C[C@@]2(C(=O)OCc3ccc([N+](=O)[O-])cc3)N[C@H](CC2=O)[C@@H]([C@@H](C)O)C1=O. The van der Waals surface area contributed by atoms with Gasteiger partial charge in [0.05, 0.1) is 23.5 Å². The first-order chi connectivity index (χ1) is 14.7. The number of nitrogens with zero attached hydrogens (tertiary/aromatic N) is 2. The molecule has 2 aliphatic rings. The fraction of sp³-hybridized carbons (Fsp3) is 0.571. The van der Waals surface area contributed by atoms with Crippen LogP contribution in [0.2, 0.25) is 0 Å². The van der Waals surface area contributed by atoms with Gasteiger partial charge < -0.3 is 14.7 Å². The summed E-state index contributed by atoms with van der Waals surface area (Å²) >= 11 is 0. The summed E-state index contributed by atoms with van der Waals surface area (Å²) in [5, 5.41) is 24.0. The molecule has 1 aromatic rings. The number of ether oxygens (including phenoxy) is 1. The van der Waals surface area contributed by atoms with Gasteiger partial charge in [0.15, 0.2) is 11.3 Å². The van der Waals surface area contributed by atoms with Crippen LogP contribution in [0.3, 0.4) is 0 Å². The predicted octanol–water partition coefficient (Wildman–Crippen LogP) is 0.947. The number of rotatable bonds is 8. The minimum atomic E-state index is -1.68. The maximum absolute atomic E-state index is 13.1. The van der Waals surface area contributed by atoms with Crippen molar-refractivity contribution in [2.75, 3.05) is 13.1 Å². The maximum atomic E-state index is 13.1. The number of carbonyl (C=O) groups excluding carboxylic acids is 3. The molecule has 0 aliphatic carbocycles. The predicted molar refractivity (Wildman–Crippen MR) is 109 cm³/mol. The molecule has 2 bridgehead atoms. The summed E-state index contributed by atoms with van der Waals surface area (Å²) in [7, 11) is 0. The molecule has 0 unspecified atom stereocenters. The lowest BCUT2D eigenvalue weighted by molar-refractivity contribution is -0.384. The Labute approximate surface area is 179 Å². The summed E-state index contributed by atoms with van der Waals surface area (Å²) < 4.78 is 5.41. The number of Topliss-reactive ketones (excluding diaryl/α,β-unsaturated/α-hetero) is 1. The zero-order valence-electron chi connectivity index (χ0n) is 17.6. The molecule has 1 aromatic carbocycles. The van der Waals surface area contributed by atoms with Crippen molar-refractivity contribution in [2.24, 2.45) is 5.92 Å². The fourth-order valence-corrected chi connectivity index (χ4v) is 4.22. The van der Waals surface area contributed by atoms with E-state index in [9.17, 15) is 29.6 Å². The third-order valence-corrected chi connectivity index (χ3v) is 5.94. The average Bonchev–Trinajstić information content (AvgIpc) is 2.98. The number of likely N-dealkylation sites (tertiary alicyclic amines) is 1. The normalized spacial score (nSPS) is 26.5. The lowest BCUT2D eigenvalue weighted by Gasteiger charge is -2.32. The van der Waals surface area contributed by atoms with Gasteiger partial charge >= 0.3 is 5.97 Å². The molecule has 1 amide bonds. The number of carbonyl (C=O) groups is 3. The monoisotopic (exact) mass is 433 g/mol. The van der Waals surface area contributed by atoms with Gasteiger partial charge in [0, 0.05) is 31.1 Å². The van der Waals surface area contributed by atoms with Crippen molar-refractivity contribution >= 4 is 23.3 Å². The lowest BCUT2D eigenvalue weighted by atomic mass is 9.88. The van der Waals surface area contributed by atoms with Crippen LogP contribution in [0.15, 0.2) is 24.3 Å². The van der Waals surface area contributed by atoms with Crippen molar-refractivity contribution in [1.82, 2.24) is 10.2 Å². The number of ketones is 1. The standard InChI is InChI=1S/C21H27N3O7/c1-3-4-9-23-12-21(17(26)10-16(22-21)18(13(2)25)19(23)27)20(28)31-11-14-5-7-15(8-6-14)24(29)30/h5-8,13,16,18,22,25H,3-4,9-12H2,1-2H3/t13-,16-,18-,21-/m1/s1. The second kappa shape index (κ2) is 9.11. The second-order valence-electron chi connectivity index (χ2n) is 8.16. The van der Waals surface area contributed by atoms with Gasteiger partial charge in [0.2, 0.25) is 5.91 Å².